The second-order valence-electron chi connectivity index (χ2n) is 11.7. The van der Waals surface area contributed by atoms with Crippen molar-refractivity contribution in [1.29, 1.82) is 0 Å². The number of fused-ring (bicyclic) bond motifs is 6. The number of ketones is 1. The van der Waals surface area contributed by atoms with Crippen molar-refractivity contribution in [3.63, 3.8) is 0 Å². The molecule has 4 aliphatic rings. The third-order valence-electron chi connectivity index (χ3n) is 10.2. The van der Waals surface area contributed by atoms with Gasteiger partial charge in [0.15, 0.2) is 5.78 Å². The van der Waals surface area contributed by atoms with Crippen LogP contribution in [0.15, 0.2) is 24.3 Å². The van der Waals surface area contributed by atoms with Crippen molar-refractivity contribution in [3.05, 3.63) is 24.3 Å². The number of hydrogen-bond acceptors (Lipinski definition) is 3. The number of nitrogens with zero attached hydrogens (tertiary/aromatic N) is 3. The average molecular weight is 420 g/mol. The Labute approximate surface area is 186 Å². The van der Waals surface area contributed by atoms with Gasteiger partial charge in [0.25, 0.3) is 0 Å². The molecule has 1 aromatic heterocycles. The third-order valence-corrected chi connectivity index (χ3v) is 10.2. The number of rotatable bonds is 3. The second kappa shape index (κ2) is 7.42. The molecule has 0 saturated heterocycles. The molecule has 4 aliphatic carbocycles. The zero-order valence-corrected chi connectivity index (χ0v) is 19.2. The molecule has 6 rings (SSSR count). The van der Waals surface area contributed by atoms with Crippen molar-refractivity contribution in [1.82, 2.24) is 15.0 Å². The predicted molar refractivity (Wildman–Crippen MR) is 122 cm³/mol. The first kappa shape index (κ1) is 19.9. The highest BCUT2D eigenvalue weighted by Crippen LogP contribution is 2.64. The maximum absolute atomic E-state index is 13.5. The van der Waals surface area contributed by atoms with Crippen LogP contribution in [0, 0.1) is 46.8 Å². The van der Waals surface area contributed by atoms with Crippen molar-refractivity contribution in [2.45, 2.75) is 78.2 Å². The van der Waals surface area contributed by atoms with E-state index in [1.54, 1.807) is 4.80 Å². The number of benzene rings is 1. The smallest absolute Gasteiger partial charge is 0.159 e. The summed E-state index contributed by atoms with van der Waals surface area (Å²) < 4.78 is 0. The summed E-state index contributed by atoms with van der Waals surface area (Å²) in [7, 11) is 0. The molecule has 0 amide bonds. The van der Waals surface area contributed by atoms with Crippen LogP contribution in [-0.2, 0) is 11.3 Å². The normalized spacial score (nSPS) is 42.1. The fourth-order valence-corrected chi connectivity index (χ4v) is 8.84. The van der Waals surface area contributed by atoms with Gasteiger partial charge in [-0.3, -0.25) is 4.79 Å². The van der Waals surface area contributed by atoms with Gasteiger partial charge in [0.2, 0.25) is 0 Å². The van der Waals surface area contributed by atoms with Gasteiger partial charge in [-0.15, -0.1) is 0 Å². The minimum absolute atomic E-state index is 0.191. The van der Waals surface area contributed by atoms with Crippen molar-refractivity contribution < 1.29 is 4.79 Å². The second-order valence-corrected chi connectivity index (χ2v) is 11.7. The maximum atomic E-state index is 13.5. The molecule has 1 aromatic carbocycles. The topological polar surface area (TPSA) is 47.8 Å². The highest BCUT2D eigenvalue weighted by Gasteiger charge is 2.58. The van der Waals surface area contributed by atoms with Crippen LogP contribution in [0.1, 0.15) is 71.6 Å². The summed E-state index contributed by atoms with van der Waals surface area (Å²) >= 11 is 0. The first-order chi connectivity index (χ1) is 15.0. The highest BCUT2D eigenvalue weighted by atomic mass is 16.1. The van der Waals surface area contributed by atoms with Gasteiger partial charge >= 0.3 is 0 Å². The summed E-state index contributed by atoms with van der Waals surface area (Å²) in [5.41, 5.74) is 1.95. The summed E-state index contributed by atoms with van der Waals surface area (Å²) in [6, 6.07) is 7.90. The van der Waals surface area contributed by atoms with Gasteiger partial charge in [0.05, 0.1) is 0 Å². The lowest BCUT2D eigenvalue weighted by molar-refractivity contribution is -0.131. The van der Waals surface area contributed by atoms with E-state index in [4.69, 9.17) is 0 Å². The molecule has 166 valence electrons. The largest absolute Gasteiger partial charge is 0.297 e. The summed E-state index contributed by atoms with van der Waals surface area (Å²) in [6.07, 6.45) is 12.2. The molecule has 0 N–H and O–H groups in total. The van der Waals surface area contributed by atoms with Gasteiger partial charge in [-0.2, -0.15) is 15.0 Å². The predicted octanol–water partition coefficient (Wildman–Crippen LogP) is 5.91. The van der Waals surface area contributed by atoms with E-state index < -0.39 is 0 Å². The lowest BCUT2D eigenvalue weighted by Crippen LogP contribution is -2.49. The lowest BCUT2D eigenvalue weighted by atomic mass is 9.49. The Hall–Kier alpha value is -1.71. The number of carbonyl (C=O) groups is 1. The van der Waals surface area contributed by atoms with Gasteiger partial charge in [-0.1, -0.05) is 32.4 Å². The Morgan fingerprint density at radius 1 is 0.968 bits per heavy atom. The standard InChI is InChI=1S/C27H37N3O/c1-17-7-9-19-18(15-17)8-10-21-20(19)13-14-27(2)22(21)11-12-23(27)26(31)16-30-28-24-5-3-4-6-25(24)29-30/h3-6,17-23H,7-16H2,1-2H3. The molecule has 4 nitrogen and oxygen atoms in total. The van der Waals surface area contributed by atoms with Crippen molar-refractivity contribution in [2.24, 2.45) is 46.8 Å². The van der Waals surface area contributed by atoms with Gasteiger partial charge < -0.3 is 0 Å². The molecular formula is C27H37N3O. The van der Waals surface area contributed by atoms with Crippen LogP contribution in [0.5, 0.6) is 0 Å². The molecule has 0 bridgehead atoms. The van der Waals surface area contributed by atoms with Crippen molar-refractivity contribution in [3.8, 4) is 0 Å². The van der Waals surface area contributed by atoms with Crippen LogP contribution in [0.3, 0.4) is 0 Å². The Bertz CT molecular complexity index is 949. The highest BCUT2D eigenvalue weighted by molar-refractivity contribution is 5.82. The van der Waals surface area contributed by atoms with E-state index >= 15 is 0 Å². The van der Waals surface area contributed by atoms with Gasteiger partial charge in [0.1, 0.15) is 17.6 Å². The number of carbonyl (C=O) groups excluding carboxylic acids is 1. The van der Waals surface area contributed by atoms with Crippen LogP contribution in [0.2, 0.25) is 0 Å². The monoisotopic (exact) mass is 419 g/mol. The summed E-state index contributed by atoms with van der Waals surface area (Å²) in [6.45, 7) is 5.26. The van der Waals surface area contributed by atoms with E-state index in [1.165, 1.54) is 51.4 Å². The molecule has 0 spiro atoms. The Morgan fingerprint density at radius 2 is 1.71 bits per heavy atom. The lowest BCUT2D eigenvalue weighted by Gasteiger charge is -2.56. The zero-order valence-electron chi connectivity index (χ0n) is 19.2. The zero-order chi connectivity index (χ0) is 21.2. The SMILES string of the molecule is CC1CCC2C(CCC3C2CCC2(C)C(C(=O)Cn4nc5ccccc5n4)CCC32)C1. The molecule has 4 fully saturated rings. The van der Waals surface area contributed by atoms with Crippen LogP contribution >= 0.6 is 0 Å². The van der Waals surface area contributed by atoms with E-state index in [0.717, 1.165) is 53.0 Å². The molecule has 4 heteroatoms. The Morgan fingerprint density at radius 3 is 2.48 bits per heavy atom. The molecule has 2 aromatic rings. The van der Waals surface area contributed by atoms with Crippen LogP contribution < -0.4 is 0 Å². The molecule has 0 radical (unpaired) electrons. The van der Waals surface area contributed by atoms with Crippen LogP contribution in [0.25, 0.3) is 11.0 Å². The quantitative estimate of drug-likeness (QED) is 0.622. The molecule has 0 aliphatic heterocycles. The number of aromatic nitrogens is 3. The van der Waals surface area contributed by atoms with Gasteiger partial charge in [-0.25, -0.2) is 0 Å². The first-order valence-electron chi connectivity index (χ1n) is 12.9. The Balaban J connectivity index is 1.19. The van der Waals surface area contributed by atoms with E-state index in [-0.39, 0.29) is 11.3 Å². The maximum Gasteiger partial charge on any atom is 0.159 e. The number of hydrogen-bond donors (Lipinski definition) is 0. The summed E-state index contributed by atoms with van der Waals surface area (Å²) in [5.74, 6) is 6.04. The summed E-state index contributed by atoms with van der Waals surface area (Å²) in [5, 5.41) is 9.10. The van der Waals surface area contributed by atoms with E-state index in [9.17, 15) is 4.79 Å². The third kappa shape index (κ3) is 3.19. The molecular weight excluding hydrogens is 382 g/mol. The molecule has 1 heterocycles. The van der Waals surface area contributed by atoms with Gasteiger partial charge in [0, 0.05) is 5.92 Å². The van der Waals surface area contributed by atoms with Crippen LogP contribution in [-0.4, -0.2) is 20.8 Å². The van der Waals surface area contributed by atoms with E-state index in [1.807, 2.05) is 24.3 Å². The summed E-state index contributed by atoms with van der Waals surface area (Å²) in [4.78, 5) is 15.1. The van der Waals surface area contributed by atoms with Crippen molar-refractivity contribution in [2.75, 3.05) is 0 Å². The molecule has 8 unspecified atom stereocenters. The molecule has 31 heavy (non-hydrogen) atoms. The van der Waals surface area contributed by atoms with E-state index in [0.29, 0.717) is 12.3 Å². The Kier molecular flexibility index (Phi) is 4.77. The molecule has 8 atom stereocenters. The van der Waals surface area contributed by atoms with E-state index in [2.05, 4.69) is 24.0 Å². The first-order valence-corrected chi connectivity index (χ1v) is 12.9. The van der Waals surface area contributed by atoms with Gasteiger partial charge in [-0.05, 0) is 104 Å². The minimum Gasteiger partial charge on any atom is -0.297 e. The fraction of sp³-hybridized carbons (Fsp3) is 0.741. The fourth-order valence-electron chi connectivity index (χ4n) is 8.84. The average Bonchev–Trinajstić information content (AvgIpc) is 3.33. The number of Topliss-reactive ketones (excluding diaryl/α,β-unsaturated/α-hetero) is 1. The van der Waals surface area contributed by atoms with Crippen LogP contribution in [0.4, 0.5) is 0 Å². The molecule has 4 saturated carbocycles. The van der Waals surface area contributed by atoms with Crippen molar-refractivity contribution >= 4 is 16.8 Å². The minimum atomic E-state index is 0.191.